The van der Waals surface area contributed by atoms with Crippen LogP contribution in [-0.2, 0) is 27.9 Å². The molecule has 3 unspecified atom stereocenters. The Morgan fingerprint density at radius 3 is 2.23 bits per heavy atom. The zero-order chi connectivity index (χ0) is 20.0. The molecule has 0 spiro atoms. The van der Waals surface area contributed by atoms with Crippen molar-refractivity contribution in [2.45, 2.75) is 64.0 Å². The molecule has 11 heteroatoms. The highest BCUT2D eigenvalue weighted by molar-refractivity contribution is 7.47. The van der Waals surface area contributed by atoms with Gasteiger partial charge in [-0.25, -0.2) is 4.57 Å². The van der Waals surface area contributed by atoms with Gasteiger partial charge in [-0.1, -0.05) is 39.0 Å². The highest BCUT2D eigenvalue weighted by atomic mass is 31.2. The van der Waals surface area contributed by atoms with Crippen molar-refractivity contribution in [2.75, 3.05) is 19.8 Å². The number of carboxylic acids is 1. The third kappa shape index (κ3) is 14.2. The van der Waals surface area contributed by atoms with E-state index in [1.165, 1.54) is 6.42 Å². The zero-order valence-electron chi connectivity index (χ0n) is 15.0. The topological polar surface area (TPSA) is 166 Å². The van der Waals surface area contributed by atoms with Gasteiger partial charge in [-0.15, -0.1) is 0 Å². The molecule has 0 radical (unpaired) electrons. The Morgan fingerprint density at radius 2 is 1.62 bits per heavy atom. The normalized spacial score (nSPS) is 15.8. The lowest BCUT2D eigenvalue weighted by Crippen LogP contribution is -2.34. The molecule has 0 aromatic heterocycles. The quantitative estimate of drug-likeness (QED) is 0.168. The van der Waals surface area contributed by atoms with E-state index in [0.29, 0.717) is 6.42 Å². The summed E-state index contributed by atoms with van der Waals surface area (Å²) in [7, 11) is -4.56. The Kier molecular flexibility index (Phi) is 13.5. The molecule has 0 bridgehead atoms. The number of aliphatic hydroxyl groups is 1. The van der Waals surface area contributed by atoms with Gasteiger partial charge >= 0.3 is 19.8 Å². The van der Waals surface area contributed by atoms with Gasteiger partial charge < -0.3 is 25.6 Å². The number of hydrogen-bond acceptors (Lipinski definition) is 8. The lowest BCUT2D eigenvalue weighted by atomic mass is 10.1. The minimum Gasteiger partial charge on any atom is -0.480 e. The first-order valence-corrected chi connectivity index (χ1v) is 10.1. The number of esters is 1. The minimum absolute atomic E-state index is 0.244. The van der Waals surface area contributed by atoms with Crippen LogP contribution in [0, 0.1) is 0 Å². The van der Waals surface area contributed by atoms with Crippen molar-refractivity contribution in [3.8, 4) is 0 Å². The molecule has 0 aliphatic heterocycles. The second kappa shape index (κ2) is 14.1. The van der Waals surface area contributed by atoms with E-state index in [-0.39, 0.29) is 13.0 Å². The van der Waals surface area contributed by atoms with Crippen molar-refractivity contribution < 1.29 is 43.0 Å². The summed E-state index contributed by atoms with van der Waals surface area (Å²) in [6.45, 7) is 0.384. The van der Waals surface area contributed by atoms with Gasteiger partial charge in [0.25, 0.3) is 0 Å². The zero-order valence-corrected chi connectivity index (χ0v) is 15.9. The number of aliphatic carboxylic acids is 1. The van der Waals surface area contributed by atoms with Crippen molar-refractivity contribution in [1.82, 2.24) is 0 Å². The molecule has 5 N–H and O–H groups in total. The second-order valence-corrected chi connectivity index (χ2v) is 7.31. The molecular formula is C15H30NO9P. The Morgan fingerprint density at radius 1 is 1.04 bits per heavy atom. The van der Waals surface area contributed by atoms with Crippen LogP contribution in [0.2, 0.25) is 0 Å². The van der Waals surface area contributed by atoms with E-state index in [9.17, 15) is 24.2 Å². The van der Waals surface area contributed by atoms with E-state index >= 15 is 0 Å². The monoisotopic (exact) mass is 399 g/mol. The SMILES string of the molecule is CCCCCCCCC(=O)OCC(O)COP(=O)(O)OCC(N)C(=O)O. The molecule has 10 nitrogen and oxygen atoms in total. The number of unbranched alkanes of at least 4 members (excludes halogenated alkanes) is 5. The summed E-state index contributed by atoms with van der Waals surface area (Å²) < 4.78 is 25.2. The Labute approximate surface area is 153 Å². The first-order valence-electron chi connectivity index (χ1n) is 8.62. The van der Waals surface area contributed by atoms with Crippen molar-refractivity contribution >= 4 is 19.8 Å². The van der Waals surface area contributed by atoms with Crippen LogP contribution in [0.25, 0.3) is 0 Å². The van der Waals surface area contributed by atoms with Crippen molar-refractivity contribution in [3.05, 3.63) is 0 Å². The van der Waals surface area contributed by atoms with Crippen LogP contribution in [-0.4, -0.2) is 59.0 Å². The van der Waals surface area contributed by atoms with E-state index in [2.05, 4.69) is 16.0 Å². The van der Waals surface area contributed by atoms with Crippen LogP contribution >= 0.6 is 7.82 Å². The Balaban J connectivity index is 3.83. The second-order valence-electron chi connectivity index (χ2n) is 5.86. The van der Waals surface area contributed by atoms with E-state index < -0.39 is 45.1 Å². The molecule has 0 aliphatic rings. The van der Waals surface area contributed by atoms with Gasteiger partial charge in [-0.3, -0.25) is 18.6 Å². The number of hydrogen-bond donors (Lipinski definition) is 4. The van der Waals surface area contributed by atoms with E-state index in [1.54, 1.807) is 0 Å². The van der Waals surface area contributed by atoms with E-state index in [1.807, 2.05) is 0 Å². The summed E-state index contributed by atoms with van der Waals surface area (Å²) in [5.74, 6) is -1.86. The average Bonchev–Trinajstić information content (AvgIpc) is 2.59. The third-order valence-electron chi connectivity index (χ3n) is 3.34. The predicted molar refractivity (Wildman–Crippen MR) is 92.3 cm³/mol. The summed E-state index contributed by atoms with van der Waals surface area (Å²) in [5, 5.41) is 18.1. The lowest BCUT2D eigenvalue weighted by molar-refractivity contribution is -0.147. The summed E-state index contributed by atoms with van der Waals surface area (Å²) in [4.78, 5) is 31.3. The number of phosphoric ester groups is 1. The minimum atomic E-state index is -4.56. The number of carbonyl (C=O) groups is 2. The average molecular weight is 399 g/mol. The highest BCUT2D eigenvalue weighted by Gasteiger charge is 2.26. The van der Waals surface area contributed by atoms with E-state index in [0.717, 1.165) is 25.7 Å². The van der Waals surface area contributed by atoms with Gasteiger partial charge in [0.05, 0.1) is 13.2 Å². The maximum absolute atomic E-state index is 11.5. The standard InChI is InChI=1S/C15H30NO9P/c1-2-3-4-5-6-7-8-14(18)23-9-12(17)10-24-26(21,22)25-11-13(16)15(19)20/h12-13,17H,2-11,16H2,1H3,(H,19,20)(H,21,22). The maximum atomic E-state index is 11.5. The van der Waals surface area contributed by atoms with Gasteiger partial charge in [0, 0.05) is 6.42 Å². The molecule has 0 saturated carbocycles. The Bertz CT molecular complexity index is 460. The number of nitrogens with two attached hydrogens (primary N) is 1. The number of ether oxygens (including phenoxy) is 1. The summed E-state index contributed by atoms with van der Waals surface area (Å²) in [6, 6.07) is -1.48. The number of aliphatic hydroxyl groups excluding tert-OH is 1. The predicted octanol–water partition coefficient (Wildman–Crippen LogP) is 1.19. The van der Waals surface area contributed by atoms with Gasteiger partial charge in [0.2, 0.25) is 0 Å². The number of carboxylic acid groups (broad SMARTS) is 1. The number of carbonyl (C=O) groups excluding carboxylic acids is 1. The van der Waals surface area contributed by atoms with Crippen molar-refractivity contribution in [3.63, 3.8) is 0 Å². The fraction of sp³-hybridized carbons (Fsp3) is 0.867. The maximum Gasteiger partial charge on any atom is 0.472 e. The molecule has 0 aromatic rings. The molecule has 0 heterocycles. The molecule has 0 aliphatic carbocycles. The summed E-state index contributed by atoms with van der Waals surface area (Å²) in [5.41, 5.74) is 5.12. The van der Waals surface area contributed by atoms with E-state index in [4.69, 9.17) is 15.6 Å². The van der Waals surface area contributed by atoms with Crippen LogP contribution < -0.4 is 5.73 Å². The van der Waals surface area contributed by atoms with Gasteiger partial charge in [0.15, 0.2) is 0 Å². The smallest absolute Gasteiger partial charge is 0.472 e. The van der Waals surface area contributed by atoms with Gasteiger partial charge in [0.1, 0.15) is 18.8 Å². The molecule has 154 valence electrons. The molecule has 3 atom stereocenters. The van der Waals surface area contributed by atoms with Gasteiger partial charge in [-0.05, 0) is 6.42 Å². The fourth-order valence-electron chi connectivity index (χ4n) is 1.82. The molecular weight excluding hydrogens is 369 g/mol. The third-order valence-corrected chi connectivity index (χ3v) is 4.29. The molecule has 0 fully saturated rings. The lowest BCUT2D eigenvalue weighted by Gasteiger charge is -2.16. The molecule has 0 aromatic carbocycles. The van der Waals surface area contributed by atoms with Crippen molar-refractivity contribution in [2.24, 2.45) is 5.73 Å². The van der Waals surface area contributed by atoms with Crippen LogP contribution in [0.5, 0.6) is 0 Å². The van der Waals surface area contributed by atoms with Crippen LogP contribution in [0.1, 0.15) is 51.9 Å². The molecule has 26 heavy (non-hydrogen) atoms. The Hall–Kier alpha value is -1.03. The largest absolute Gasteiger partial charge is 0.480 e. The molecule has 0 rings (SSSR count). The number of rotatable bonds is 16. The fourth-order valence-corrected chi connectivity index (χ4v) is 2.61. The summed E-state index contributed by atoms with van der Waals surface area (Å²) >= 11 is 0. The first-order chi connectivity index (χ1) is 12.2. The number of phosphoric acid groups is 1. The molecule has 0 amide bonds. The van der Waals surface area contributed by atoms with Crippen LogP contribution in [0.4, 0.5) is 0 Å². The first kappa shape index (κ1) is 25.0. The van der Waals surface area contributed by atoms with Gasteiger partial charge in [-0.2, -0.15) is 0 Å². The van der Waals surface area contributed by atoms with Crippen LogP contribution in [0.15, 0.2) is 0 Å². The highest BCUT2D eigenvalue weighted by Crippen LogP contribution is 2.43. The van der Waals surface area contributed by atoms with Crippen LogP contribution in [0.3, 0.4) is 0 Å². The molecule has 0 saturated heterocycles. The van der Waals surface area contributed by atoms with Crippen molar-refractivity contribution in [1.29, 1.82) is 0 Å². The summed E-state index contributed by atoms with van der Waals surface area (Å²) in [6.07, 6.45) is 5.10.